The van der Waals surface area contributed by atoms with Crippen LogP contribution in [0.3, 0.4) is 0 Å². The van der Waals surface area contributed by atoms with E-state index in [2.05, 4.69) is 10.0 Å². The molecule has 2 N–H and O–H groups in total. The van der Waals surface area contributed by atoms with Gasteiger partial charge in [0.2, 0.25) is 10.0 Å². The molecule has 0 aromatic heterocycles. The van der Waals surface area contributed by atoms with Crippen molar-refractivity contribution in [1.29, 1.82) is 0 Å². The van der Waals surface area contributed by atoms with E-state index in [-0.39, 0.29) is 18.3 Å². The third kappa shape index (κ3) is 4.09. The molecule has 7 heteroatoms. The molecule has 20 heavy (non-hydrogen) atoms. The van der Waals surface area contributed by atoms with Gasteiger partial charge in [0.25, 0.3) is 0 Å². The van der Waals surface area contributed by atoms with E-state index in [0.717, 1.165) is 19.4 Å². The first-order valence-electron chi connectivity index (χ1n) is 6.54. The lowest BCUT2D eigenvalue weighted by molar-refractivity contribution is 0.409. The molecule has 0 saturated carbocycles. The highest BCUT2D eigenvalue weighted by molar-refractivity contribution is 7.89. The van der Waals surface area contributed by atoms with Crippen molar-refractivity contribution in [2.75, 3.05) is 19.4 Å². The van der Waals surface area contributed by atoms with E-state index in [4.69, 9.17) is 16.3 Å². The molecule has 1 aliphatic heterocycles. The van der Waals surface area contributed by atoms with Crippen LogP contribution >= 0.6 is 11.6 Å². The van der Waals surface area contributed by atoms with Gasteiger partial charge in [-0.3, -0.25) is 0 Å². The number of hydrogen-bond acceptors (Lipinski definition) is 4. The van der Waals surface area contributed by atoms with E-state index in [1.54, 1.807) is 18.2 Å². The van der Waals surface area contributed by atoms with E-state index in [1.807, 2.05) is 0 Å². The summed E-state index contributed by atoms with van der Waals surface area (Å²) in [6, 6.07) is 5.28. The number of methoxy groups -OCH3 is 1. The van der Waals surface area contributed by atoms with E-state index in [9.17, 15) is 8.42 Å². The lowest BCUT2D eigenvalue weighted by Crippen LogP contribution is -2.36. The van der Waals surface area contributed by atoms with Gasteiger partial charge >= 0.3 is 0 Å². The van der Waals surface area contributed by atoms with Crippen molar-refractivity contribution in [3.63, 3.8) is 0 Å². The first-order valence-corrected chi connectivity index (χ1v) is 8.57. The van der Waals surface area contributed by atoms with Gasteiger partial charge in [0.1, 0.15) is 5.75 Å². The summed E-state index contributed by atoms with van der Waals surface area (Å²) in [7, 11) is -1.80. The quantitative estimate of drug-likeness (QED) is 0.834. The van der Waals surface area contributed by atoms with Crippen molar-refractivity contribution < 1.29 is 13.2 Å². The van der Waals surface area contributed by atoms with Crippen LogP contribution in [-0.2, 0) is 16.6 Å². The largest absolute Gasteiger partial charge is 0.496 e. The second-order valence-corrected chi connectivity index (χ2v) is 7.08. The van der Waals surface area contributed by atoms with E-state index >= 15 is 0 Å². The molecule has 1 aromatic rings. The number of nitrogens with one attached hydrogen (secondary N) is 2. The maximum absolute atomic E-state index is 12.0. The second-order valence-electron chi connectivity index (χ2n) is 4.82. The Hall–Kier alpha value is -0.820. The molecule has 0 spiro atoms. The van der Waals surface area contributed by atoms with Gasteiger partial charge in [-0.05, 0) is 31.5 Å². The summed E-state index contributed by atoms with van der Waals surface area (Å²) in [4.78, 5) is 0. The van der Waals surface area contributed by atoms with Crippen molar-refractivity contribution in [1.82, 2.24) is 10.0 Å². The van der Waals surface area contributed by atoms with Crippen LogP contribution in [-0.4, -0.2) is 33.9 Å². The van der Waals surface area contributed by atoms with Gasteiger partial charge in [-0.2, -0.15) is 0 Å². The highest BCUT2D eigenvalue weighted by Crippen LogP contribution is 2.26. The molecular formula is C13H19ClN2O3S. The van der Waals surface area contributed by atoms with Crippen LogP contribution in [0.1, 0.15) is 18.4 Å². The molecule has 1 atom stereocenters. The molecule has 0 radical (unpaired) electrons. The first-order chi connectivity index (χ1) is 9.52. The van der Waals surface area contributed by atoms with E-state index < -0.39 is 10.0 Å². The fourth-order valence-corrected chi connectivity index (χ4v) is 3.84. The Balaban J connectivity index is 2.00. The van der Waals surface area contributed by atoms with Crippen LogP contribution < -0.4 is 14.8 Å². The zero-order valence-corrected chi connectivity index (χ0v) is 12.9. The van der Waals surface area contributed by atoms with E-state index in [0.29, 0.717) is 16.3 Å². The number of ether oxygens (including phenoxy) is 1. The molecule has 1 aliphatic rings. The van der Waals surface area contributed by atoms with Crippen molar-refractivity contribution in [2.24, 2.45) is 0 Å². The van der Waals surface area contributed by atoms with Gasteiger partial charge in [-0.25, -0.2) is 13.1 Å². The summed E-state index contributed by atoms with van der Waals surface area (Å²) < 4.78 is 31.9. The van der Waals surface area contributed by atoms with Gasteiger partial charge in [-0.15, -0.1) is 0 Å². The number of benzene rings is 1. The molecule has 0 bridgehead atoms. The second kappa shape index (κ2) is 6.76. The van der Waals surface area contributed by atoms with Crippen molar-refractivity contribution in [3.05, 3.63) is 28.8 Å². The smallest absolute Gasteiger partial charge is 0.213 e. The average Bonchev–Trinajstić information content (AvgIpc) is 2.89. The number of sulfonamides is 1. The van der Waals surface area contributed by atoms with Gasteiger partial charge in [0.15, 0.2) is 0 Å². The molecule has 2 rings (SSSR count). The molecule has 1 heterocycles. The van der Waals surface area contributed by atoms with E-state index in [1.165, 1.54) is 7.11 Å². The van der Waals surface area contributed by atoms with Gasteiger partial charge in [0, 0.05) is 23.2 Å². The Bertz CT molecular complexity index is 557. The summed E-state index contributed by atoms with van der Waals surface area (Å²) in [6.07, 6.45) is 1.93. The van der Waals surface area contributed by atoms with Crippen LogP contribution in [0, 0.1) is 0 Å². The Morgan fingerprint density at radius 3 is 2.95 bits per heavy atom. The third-order valence-corrected chi connectivity index (χ3v) is 5.13. The highest BCUT2D eigenvalue weighted by Gasteiger charge is 2.22. The van der Waals surface area contributed by atoms with Crippen LogP contribution in [0.5, 0.6) is 5.75 Å². The zero-order valence-electron chi connectivity index (χ0n) is 11.4. The molecule has 1 saturated heterocycles. The Morgan fingerprint density at radius 2 is 2.30 bits per heavy atom. The fraction of sp³-hybridized carbons (Fsp3) is 0.538. The zero-order chi connectivity index (χ0) is 14.6. The van der Waals surface area contributed by atoms with Crippen LogP contribution in [0.25, 0.3) is 0 Å². The Morgan fingerprint density at radius 1 is 1.50 bits per heavy atom. The monoisotopic (exact) mass is 318 g/mol. The summed E-state index contributed by atoms with van der Waals surface area (Å²) in [5, 5.41) is 3.67. The maximum Gasteiger partial charge on any atom is 0.213 e. The predicted molar refractivity (Wildman–Crippen MR) is 79.7 cm³/mol. The summed E-state index contributed by atoms with van der Waals surface area (Å²) in [5.74, 6) is 0.680. The van der Waals surface area contributed by atoms with Gasteiger partial charge in [0.05, 0.1) is 12.9 Å². The molecular weight excluding hydrogens is 300 g/mol. The molecule has 1 aromatic carbocycles. The number of hydrogen-bond donors (Lipinski definition) is 2. The standard InChI is InChI=1S/C13H19ClN2O3S/c1-19-13-6-2-5-12(14)11(13)8-16-20(17,18)9-10-4-3-7-15-10/h2,5-6,10,15-16H,3-4,7-9H2,1H3. The minimum absolute atomic E-state index is 0.0423. The SMILES string of the molecule is COc1cccc(Cl)c1CNS(=O)(=O)CC1CCCN1. The molecule has 112 valence electrons. The van der Waals surface area contributed by atoms with Crippen LogP contribution in [0.2, 0.25) is 5.02 Å². The summed E-state index contributed by atoms with van der Waals surface area (Å²) in [5.41, 5.74) is 0.652. The van der Waals surface area contributed by atoms with Gasteiger partial charge < -0.3 is 10.1 Å². The summed E-state index contributed by atoms with van der Waals surface area (Å²) >= 11 is 6.08. The molecule has 0 amide bonds. The minimum Gasteiger partial charge on any atom is -0.496 e. The van der Waals surface area contributed by atoms with Crippen LogP contribution in [0.4, 0.5) is 0 Å². The molecule has 1 fully saturated rings. The lowest BCUT2D eigenvalue weighted by atomic mass is 10.2. The molecule has 5 nitrogen and oxygen atoms in total. The third-order valence-electron chi connectivity index (χ3n) is 3.35. The van der Waals surface area contributed by atoms with Gasteiger partial charge in [-0.1, -0.05) is 17.7 Å². The maximum atomic E-state index is 12.0. The normalized spacial score (nSPS) is 19.2. The van der Waals surface area contributed by atoms with Crippen LogP contribution in [0.15, 0.2) is 18.2 Å². The lowest BCUT2D eigenvalue weighted by Gasteiger charge is -2.14. The average molecular weight is 319 g/mol. The summed E-state index contributed by atoms with van der Waals surface area (Å²) in [6.45, 7) is 1.02. The minimum atomic E-state index is -3.33. The Labute approximate surface area is 124 Å². The fourth-order valence-electron chi connectivity index (χ4n) is 2.31. The predicted octanol–water partition coefficient (Wildman–Crippen LogP) is 1.52. The topological polar surface area (TPSA) is 67.4 Å². The van der Waals surface area contributed by atoms with Crippen molar-refractivity contribution >= 4 is 21.6 Å². The number of halogens is 1. The van der Waals surface area contributed by atoms with Crippen molar-refractivity contribution in [2.45, 2.75) is 25.4 Å². The molecule has 1 unspecified atom stereocenters. The highest BCUT2D eigenvalue weighted by atomic mass is 35.5. The number of rotatable bonds is 6. The molecule has 0 aliphatic carbocycles. The van der Waals surface area contributed by atoms with Crippen molar-refractivity contribution in [3.8, 4) is 5.75 Å². The first kappa shape index (κ1) is 15.6. The Kier molecular flexibility index (Phi) is 5.26.